The van der Waals surface area contributed by atoms with Gasteiger partial charge in [-0.1, -0.05) is 26.7 Å². The number of aliphatic carboxylic acids is 2. The highest BCUT2D eigenvalue weighted by Gasteiger charge is 2.50. The smallest absolute Gasteiger partial charge is 0.407 e. The summed E-state index contributed by atoms with van der Waals surface area (Å²) < 4.78 is 10.4. The van der Waals surface area contributed by atoms with E-state index in [1.54, 1.807) is 55.4 Å². The molecule has 0 aromatic carbocycles. The number of carboxylic acid groups (broad SMARTS) is 2. The van der Waals surface area contributed by atoms with E-state index in [1.165, 1.54) is 0 Å². The number of alkyl carbamates (subject to hydrolysis) is 2. The van der Waals surface area contributed by atoms with Gasteiger partial charge in [0.1, 0.15) is 11.2 Å². The highest BCUT2D eigenvalue weighted by molar-refractivity contribution is 5.76. The second-order valence-corrected chi connectivity index (χ2v) is 13.2. The average molecular weight is 543 g/mol. The Kier molecular flexibility index (Phi) is 11.1. The average Bonchev–Trinajstić information content (AvgIpc) is 3.22. The minimum Gasteiger partial charge on any atom is -0.481 e. The van der Waals surface area contributed by atoms with Crippen molar-refractivity contribution in [2.24, 2.45) is 22.7 Å². The molecular formula is C28H50N2O8. The van der Waals surface area contributed by atoms with Crippen molar-refractivity contribution in [2.45, 2.75) is 131 Å². The molecule has 0 spiro atoms. The van der Waals surface area contributed by atoms with Crippen molar-refractivity contribution in [3.63, 3.8) is 0 Å². The topological polar surface area (TPSA) is 151 Å². The summed E-state index contributed by atoms with van der Waals surface area (Å²) in [5, 5.41) is 24.3. The minimum absolute atomic E-state index is 0.0879. The van der Waals surface area contributed by atoms with E-state index in [-0.39, 0.29) is 23.9 Å². The second-order valence-electron chi connectivity index (χ2n) is 13.2. The molecule has 38 heavy (non-hydrogen) atoms. The van der Waals surface area contributed by atoms with Crippen molar-refractivity contribution in [1.29, 1.82) is 0 Å². The van der Waals surface area contributed by atoms with Crippen LogP contribution in [0.5, 0.6) is 0 Å². The van der Waals surface area contributed by atoms with E-state index < -0.39 is 46.2 Å². The van der Waals surface area contributed by atoms with Gasteiger partial charge in [-0.25, -0.2) is 9.59 Å². The number of carbonyl (C=O) groups is 4. The summed E-state index contributed by atoms with van der Waals surface area (Å²) in [6.07, 6.45) is 2.96. The number of amides is 2. The molecule has 0 unspecified atom stereocenters. The zero-order valence-electron chi connectivity index (χ0n) is 24.9. The third-order valence-corrected chi connectivity index (χ3v) is 7.69. The Bertz CT molecular complexity index is 792. The fourth-order valence-corrected chi connectivity index (χ4v) is 5.66. The number of carboxylic acids is 2. The van der Waals surface area contributed by atoms with E-state index in [1.807, 2.05) is 13.8 Å². The maximum absolute atomic E-state index is 11.7. The molecular weight excluding hydrogens is 492 g/mol. The molecule has 2 saturated carbocycles. The molecule has 10 heteroatoms. The van der Waals surface area contributed by atoms with E-state index >= 15 is 0 Å². The Morgan fingerprint density at radius 1 is 0.711 bits per heavy atom. The Morgan fingerprint density at radius 3 is 1.18 bits per heavy atom. The van der Waals surface area contributed by atoms with Gasteiger partial charge in [-0.2, -0.15) is 0 Å². The van der Waals surface area contributed by atoms with Crippen LogP contribution in [0.3, 0.4) is 0 Å². The summed E-state index contributed by atoms with van der Waals surface area (Å²) in [6.45, 7) is 18.3. The van der Waals surface area contributed by atoms with E-state index in [4.69, 9.17) is 9.47 Å². The van der Waals surface area contributed by atoms with Crippen LogP contribution in [-0.4, -0.2) is 57.6 Å². The van der Waals surface area contributed by atoms with Crippen LogP contribution in [0, 0.1) is 22.7 Å². The normalized spacial score (nSPS) is 31.0. The number of ether oxygens (including phenoxy) is 2. The van der Waals surface area contributed by atoms with Gasteiger partial charge in [-0.05, 0) is 92.9 Å². The van der Waals surface area contributed by atoms with E-state index in [2.05, 4.69) is 10.6 Å². The number of nitrogens with one attached hydrogen (secondary N) is 2. The highest BCUT2D eigenvalue weighted by Crippen LogP contribution is 2.46. The molecule has 6 atom stereocenters. The second kappa shape index (κ2) is 12.6. The number of rotatable bonds is 6. The maximum atomic E-state index is 11.7. The number of carbonyl (C=O) groups excluding carboxylic acids is 2. The van der Waals surface area contributed by atoms with E-state index in [9.17, 15) is 29.4 Å². The Hall–Kier alpha value is -2.52. The van der Waals surface area contributed by atoms with Crippen LogP contribution in [0.1, 0.15) is 108 Å². The summed E-state index contributed by atoms with van der Waals surface area (Å²) in [4.78, 5) is 46.2. The lowest BCUT2D eigenvalue weighted by Gasteiger charge is -2.25. The SMILES string of the molecule is CC[C@@H]1C[C@H](NC(=O)OC(C)(C)C)C[C@@]1(C)C(=O)O.CC[C@H]1C[C@@H](NC(=O)OC(C)(C)C)C[C@]1(C)C(=O)O. The van der Waals surface area contributed by atoms with Crippen LogP contribution in [0.15, 0.2) is 0 Å². The van der Waals surface area contributed by atoms with Crippen LogP contribution in [-0.2, 0) is 19.1 Å². The van der Waals surface area contributed by atoms with Crippen LogP contribution in [0.4, 0.5) is 9.59 Å². The maximum Gasteiger partial charge on any atom is 0.407 e. The van der Waals surface area contributed by atoms with Gasteiger partial charge in [-0.15, -0.1) is 0 Å². The molecule has 220 valence electrons. The predicted molar refractivity (Wildman–Crippen MR) is 144 cm³/mol. The molecule has 0 aliphatic heterocycles. The molecule has 2 amide bonds. The molecule has 4 N–H and O–H groups in total. The number of hydrogen-bond acceptors (Lipinski definition) is 6. The third kappa shape index (κ3) is 9.34. The van der Waals surface area contributed by atoms with Gasteiger partial charge < -0.3 is 30.3 Å². The van der Waals surface area contributed by atoms with Gasteiger partial charge in [0.25, 0.3) is 0 Å². The van der Waals surface area contributed by atoms with Crippen molar-refractivity contribution in [1.82, 2.24) is 10.6 Å². The van der Waals surface area contributed by atoms with Crippen LogP contribution in [0.25, 0.3) is 0 Å². The van der Waals surface area contributed by atoms with Crippen LogP contribution in [0.2, 0.25) is 0 Å². The summed E-state index contributed by atoms with van der Waals surface area (Å²) in [6, 6.07) is -0.248. The standard InChI is InChI=1S/2C14H25NO4/c2*1-6-9-7-10(8-14(9,5)11(16)17)15-12(18)19-13(2,3)4/h2*9-10H,6-8H2,1-5H3,(H,15,18)(H,16,17)/t2*9-,10+,14-/m10/s1. The molecule has 0 heterocycles. The van der Waals surface area contributed by atoms with Gasteiger partial charge >= 0.3 is 24.1 Å². The largest absolute Gasteiger partial charge is 0.481 e. The first-order valence-electron chi connectivity index (χ1n) is 13.6. The Balaban J connectivity index is 0.000000380. The minimum atomic E-state index is -0.784. The molecule has 0 saturated heterocycles. The summed E-state index contributed by atoms with van der Waals surface area (Å²) in [5.41, 5.74) is -2.59. The van der Waals surface area contributed by atoms with E-state index in [0.717, 1.165) is 12.8 Å². The molecule has 0 aromatic heterocycles. The lowest BCUT2D eigenvalue weighted by Crippen LogP contribution is -2.39. The number of hydrogen-bond donors (Lipinski definition) is 4. The highest BCUT2D eigenvalue weighted by atomic mass is 16.6. The monoisotopic (exact) mass is 542 g/mol. The van der Waals surface area contributed by atoms with Crippen molar-refractivity contribution in [3.8, 4) is 0 Å². The quantitative estimate of drug-likeness (QED) is 0.339. The van der Waals surface area contributed by atoms with Gasteiger partial charge in [0.2, 0.25) is 0 Å². The summed E-state index contributed by atoms with van der Waals surface area (Å²) >= 11 is 0. The van der Waals surface area contributed by atoms with Crippen LogP contribution < -0.4 is 10.6 Å². The van der Waals surface area contributed by atoms with Crippen LogP contribution >= 0.6 is 0 Å². The van der Waals surface area contributed by atoms with Gasteiger partial charge in [-0.3, -0.25) is 9.59 Å². The van der Waals surface area contributed by atoms with Crippen molar-refractivity contribution >= 4 is 24.1 Å². The summed E-state index contributed by atoms with van der Waals surface area (Å²) in [7, 11) is 0. The molecule has 2 rings (SSSR count). The fraction of sp³-hybridized carbons (Fsp3) is 0.857. The van der Waals surface area contributed by atoms with Crippen molar-refractivity contribution in [2.75, 3.05) is 0 Å². The van der Waals surface area contributed by atoms with Crippen molar-refractivity contribution < 1.29 is 38.9 Å². The lowest BCUT2D eigenvalue weighted by molar-refractivity contribution is -0.151. The third-order valence-electron chi connectivity index (χ3n) is 7.69. The Labute approximate surface area is 227 Å². The summed E-state index contributed by atoms with van der Waals surface area (Å²) in [5.74, 6) is -1.39. The molecule has 0 radical (unpaired) electrons. The molecule has 0 bridgehead atoms. The van der Waals surface area contributed by atoms with Gasteiger partial charge in [0.05, 0.1) is 10.8 Å². The molecule has 10 nitrogen and oxygen atoms in total. The lowest BCUT2D eigenvalue weighted by atomic mass is 9.78. The molecule has 2 aliphatic carbocycles. The predicted octanol–water partition coefficient (Wildman–Crippen LogP) is 5.58. The molecule has 2 aliphatic rings. The van der Waals surface area contributed by atoms with Gasteiger partial charge in [0.15, 0.2) is 0 Å². The first-order chi connectivity index (χ1) is 17.2. The Morgan fingerprint density at radius 2 is 1.00 bits per heavy atom. The van der Waals surface area contributed by atoms with E-state index in [0.29, 0.717) is 25.7 Å². The molecule has 0 aromatic rings. The van der Waals surface area contributed by atoms with Gasteiger partial charge in [0, 0.05) is 12.1 Å². The fourth-order valence-electron chi connectivity index (χ4n) is 5.66. The zero-order valence-corrected chi connectivity index (χ0v) is 24.9. The first kappa shape index (κ1) is 33.5. The first-order valence-corrected chi connectivity index (χ1v) is 13.6. The van der Waals surface area contributed by atoms with Crippen molar-refractivity contribution in [3.05, 3.63) is 0 Å². The zero-order chi connectivity index (χ0) is 29.7. The molecule has 2 fully saturated rings.